The lowest BCUT2D eigenvalue weighted by molar-refractivity contribution is -0.117. The SMILES string of the molecule is CCCOc1ccc(NC(=O)Cn2nc(C(N)=O)c3ccccc3c2=O)cc1OCCC. The first-order valence-electron chi connectivity index (χ1n) is 10.4. The van der Waals surface area contributed by atoms with Crippen molar-refractivity contribution in [2.75, 3.05) is 18.5 Å². The number of carbonyl (C=O) groups excluding carboxylic acids is 2. The number of nitrogens with one attached hydrogen (secondary N) is 1. The molecule has 0 fully saturated rings. The zero-order valence-electron chi connectivity index (χ0n) is 18.1. The highest BCUT2D eigenvalue weighted by atomic mass is 16.5. The highest BCUT2D eigenvalue weighted by molar-refractivity contribution is 6.04. The van der Waals surface area contributed by atoms with Gasteiger partial charge in [-0.05, 0) is 31.0 Å². The molecule has 32 heavy (non-hydrogen) atoms. The monoisotopic (exact) mass is 438 g/mol. The first kappa shape index (κ1) is 22.8. The van der Waals surface area contributed by atoms with Gasteiger partial charge in [-0.3, -0.25) is 14.4 Å². The van der Waals surface area contributed by atoms with E-state index in [0.29, 0.717) is 35.8 Å². The van der Waals surface area contributed by atoms with Crippen molar-refractivity contribution in [1.29, 1.82) is 0 Å². The van der Waals surface area contributed by atoms with E-state index < -0.39 is 17.4 Å². The second-order valence-corrected chi connectivity index (χ2v) is 7.13. The van der Waals surface area contributed by atoms with Gasteiger partial charge in [0.2, 0.25) is 5.91 Å². The molecule has 3 N–H and O–H groups in total. The molecule has 0 unspecified atom stereocenters. The van der Waals surface area contributed by atoms with Crippen LogP contribution < -0.4 is 26.1 Å². The molecule has 3 rings (SSSR count). The predicted molar refractivity (Wildman–Crippen MR) is 121 cm³/mol. The van der Waals surface area contributed by atoms with Crippen LogP contribution in [0.25, 0.3) is 10.8 Å². The van der Waals surface area contributed by atoms with Gasteiger partial charge >= 0.3 is 0 Å². The molecule has 9 nitrogen and oxygen atoms in total. The normalized spacial score (nSPS) is 10.7. The molecule has 0 saturated carbocycles. The van der Waals surface area contributed by atoms with Gasteiger partial charge < -0.3 is 20.5 Å². The first-order valence-corrected chi connectivity index (χ1v) is 10.4. The smallest absolute Gasteiger partial charge is 0.275 e. The maximum Gasteiger partial charge on any atom is 0.275 e. The van der Waals surface area contributed by atoms with Crippen molar-refractivity contribution in [2.24, 2.45) is 5.73 Å². The second-order valence-electron chi connectivity index (χ2n) is 7.13. The molecule has 0 aliphatic carbocycles. The average Bonchev–Trinajstić information content (AvgIpc) is 2.78. The number of anilines is 1. The maximum atomic E-state index is 12.7. The van der Waals surface area contributed by atoms with Crippen LogP contribution in [0, 0.1) is 0 Å². The second kappa shape index (κ2) is 10.4. The van der Waals surface area contributed by atoms with E-state index in [1.807, 2.05) is 13.8 Å². The number of hydrogen-bond acceptors (Lipinski definition) is 6. The zero-order chi connectivity index (χ0) is 23.1. The molecular formula is C23H26N4O5. The standard InChI is InChI=1S/C23H26N4O5/c1-3-11-31-18-10-9-15(13-19(18)32-12-4-2)25-20(28)14-27-23(30)17-8-6-5-7-16(17)21(26-27)22(24)29/h5-10,13H,3-4,11-12,14H2,1-2H3,(H2,24,29)(H,25,28). The number of fused-ring (bicyclic) bond motifs is 1. The van der Waals surface area contributed by atoms with Crippen LogP contribution in [-0.4, -0.2) is 34.8 Å². The number of carbonyl (C=O) groups is 2. The maximum absolute atomic E-state index is 12.7. The number of amides is 2. The molecule has 1 heterocycles. The van der Waals surface area contributed by atoms with E-state index in [2.05, 4.69) is 10.4 Å². The molecule has 0 radical (unpaired) electrons. The van der Waals surface area contributed by atoms with Gasteiger partial charge in [-0.1, -0.05) is 32.0 Å². The molecule has 0 saturated heterocycles. The van der Waals surface area contributed by atoms with E-state index in [4.69, 9.17) is 15.2 Å². The van der Waals surface area contributed by atoms with Crippen molar-refractivity contribution < 1.29 is 19.1 Å². The number of primary amides is 1. The molecule has 0 atom stereocenters. The molecule has 168 valence electrons. The van der Waals surface area contributed by atoms with Gasteiger partial charge in [-0.15, -0.1) is 0 Å². The fourth-order valence-corrected chi connectivity index (χ4v) is 3.10. The Morgan fingerprint density at radius 3 is 2.31 bits per heavy atom. The van der Waals surface area contributed by atoms with Crippen LogP contribution >= 0.6 is 0 Å². The van der Waals surface area contributed by atoms with Crippen LogP contribution in [0.1, 0.15) is 37.2 Å². The molecule has 9 heteroatoms. The van der Waals surface area contributed by atoms with E-state index in [-0.39, 0.29) is 17.6 Å². The average molecular weight is 438 g/mol. The minimum absolute atomic E-state index is 0.0688. The Labute approximate surface area is 185 Å². The molecule has 0 aliphatic rings. The van der Waals surface area contributed by atoms with Crippen LogP contribution in [0.3, 0.4) is 0 Å². The Kier molecular flexibility index (Phi) is 7.43. The van der Waals surface area contributed by atoms with Crippen molar-refractivity contribution in [3.05, 3.63) is 58.5 Å². The fraction of sp³-hybridized carbons (Fsp3) is 0.304. The molecule has 0 spiro atoms. The van der Waals surface area contributed by atoms with E-state index in [1.165, 1.54) is 0 Å². The molecular weight excluding hydrogens is 412 g/mol. The van der Waals surface area contributed by atoms with Gasteiger partial charge in [-0.2, -0.15) is 5.10 Å². The summed E-state index contributed by atoms with van der Waals surface area (Å²) in [6, 6.07) is 11.6. The summed E-state index contributed by atoms with van der Waals surface area (Å²) in [6.07, 6.45) is 1.68. The molecule has 0 aliphatic heterocycles. The lowest BCUT2D eigenvalue weighted by atomic mass is 10.1. The summed E-state index contributed by atoms with van der Waals surface area (Å²) in [5.74, 6) is -0.156. The minimum Gasteiger partial charge on any atom is -0.490 e. The molecule has 2 aromatic carbocycles. The summed E-state index contributed by atoms with van der Waals surface area (Å²) in [6.45, 7) is 4.67. The molecule has 0 bridgehead atoms. The largest absolute Gasteiger partial charge is 0.490 e. The number of nitrogens with two attached hydrogens (primary N) is 1. The van der Waals surface area contributed by atoms with Crippen LogP contribution in [0.2, 0.25) is 0 Å². The van der Waals surface area contributed by atoms with Gasteiger partial charge in [0.15, 0.2) is 17.2 Å². The van der Waals surface area contributed by atoms with Crippen molar-refractivity contribution >= 4 is 28.3 Å². The third-order valence-corrected chi connectivity index (χ3v) is 4.55. The first-order chi connectivity index (χ1) is 15.4. The quantitative estimate of drug-likeness (QED) is 0.501. The Balaban J connectivity index is 1.84. The van der Waals surface area contributed by atoms with Crippen LogP contribution in [0.15, 0.2) is 47.3 Å². The number of rotatable bonds is 10. The summed E-state index contributed by atoms with van der Waals surface area (Å²) >= 11 is 0. The van der Waals surface area contributed by atoms with Gasteiger partial charge in [0, 0.05) is 17.1 Å². The fourth-order valence-electron chi connectivity index (χ4n) is 3.10. The molecule has 1 aromatic heterocycles. The summed E-state index contributed by atoms with van der Waals surface area (Å²) in [5, 5.41) is 7.35. The summed E-state index contributed by atoms with van der Waals surface area (Å²) < 4.78 is 12.4. The topological polar surface area (TPSA) is 126 Å². The summed E-state index contributed by atoms with van der Waals surface area (Å²) in [4.78, 5) is 37.2. The number of aromatic nitrogens is 2. The van der Waals surface area contributed by atoms with Crippen molar-refractivity contribution in [2.45, 2.75) is 33.2 Å². The minimum atomic E-state index is -0.782. The number of benzene rings is 2. The zero-order valence-corrected chi connectivity index (χ0v) is 18.1. The van der Waals surface area contributed by atoms with Crippen molar-refractivity contribution in [1.82, 2.24) is 9.78 Å². The van der Waals surface area contributed by atoms with Gasteiger partial charge in [-0.25, -0.2) is 4.68 Å². The Hall–Kier alpha value is -3.88. The van der Waals surface area contributed by atoms with Crippen LogP contribution in [0.4, 0.5) is 5.69 Å². The third kappa shape index (κ3) is 5.23. The van der Waals surface area contributed by atoms with Crippen molar-refractivity contribution in [3.63, 3.8) is 0 Å². The lowest BCUT2D eigenvalue weighted by Gasteiger charge is -2.14. The third-order valence-electron chi connectivity index (χ3n) is 4.55. The lowest BCUT2D eigenvalue weighted by Crippen LogP contribution is -2.32. The van der Waals surface area contributed by atoms with Gasteiger partial charge in [0.1, 0.15) is 6.54 Å². The number of ether oxygens (including phenoxy) is 2. The van der Waals surface area contributed by atoms with E-state index >= 15 is 0 Å². The van der Waals surface area contributed by atoms with Crippen molar-refractivity contribution in [3.8, 4) is 11.5 Å². The van der Waals surface area contributed by atoms with E-state index in [0.717, 1.165) is 17.5 Å². The number of nitrogens with zero attached hydrogens (tertiary/aromatic N) is 2. The van der Waals surface area contributed by atoms with E-state index in [9.17, 15) is 14.4 Å². The molecule has 3 aromatic rings. The number of hydrogen-bond donors (Lipinski definition) is 2. The molecule has 2 amide bonds. The van der Waals surface area contributed by atoms with Gasteiger partial charge in [0.25, 0.3) is 11.5 Å². The summed E-state index contributed by atoms with van der Waals surface area (Å²) in [7, 11) is 0. The highest BCUT2D eigenvalue weighted by Crippen LogP contribution is 2.31. The highest BCUT2D eigenvalue weighted by Gasteiger charge is 2.16. The van der Waals surface area contributed by atoms with Crippen LogP contribution in [-0.2, 0) is 11.3 Å². The van der Waals surface area contributed by atoms with E-state index in [1.54, 1.807) is 42.5 Å². The summed E-state index contributed by atoms with van der Waals surface area (Å²) in [5.41, 5.74) is 5.34. The predicted octanol–water partition coefficient (Wildman–Crippen LogP) is 2.71. The Morgan fingerprint density at radius 1 is 1.00 bits per heavy atom. The van der Waals surface area contributed by atoms with Crippen LogP contribution in [0.5, 0.6) is 11.5 Å². The Morgan fingerprint density at radius 2 is 1.66 bits per heavy atom. The Bertz CT molecular complexity index is 1190. The van der Waals surface area contributed by atoms with Gasteiger partial charge in [0.05, 0.1) is 18.6 Å².